The second-order valence-electron chi connectivity index (χ2n) is 3.61. The van der Waals surface area contributed by atoms with Crippen molar-refractivity contribution in [2.45, 2.75) is 44.3 Å². The van der Waals surface area contributed by atoms with E-state index in [0.29, 0.717) is 0 Å². The molecule has 86 valence electrons. The summed E-state index contributed by atoms with van der Waals surface area (Å²) in [6, 6.07) is 0. The summed E-state index contributed by atoms with van der Waals surface area (Å²) in [4.78, 5) is 0. The number of rotatable bonds is 8. The van der Waals surface area contributed by atoms with Crippen LogP contribution in [0.5, 0.6) is 0 Å². The molecule has 0 rings (SSSR count). The number of unbranched alkanes of at least 4 members (excludes halogenated alkanes) is 3. The fourth-order valence-electron chi connectivity index (χ4n) is 1.35. The van der Waals surface area contributed by atoms with Crippen LogP contribution in [-0.4, -0.2) is 19.4 Å². The summed E-state index contributed by atoms with van der Waals surface area (Å²) in [6.07, 6.45) is 10.7. The van der Waals surface area contributed by atoms with Crippen LogP contribution in [0.25, 0.3) is 0 Å². The molecule has 0 N–H and O–H groups in total. The average Bonchev–Trinajstić information content (AvgIpc) is 2.20. The Bertz CT molecular complexity index is 309. The third-order valence-electron chi connectivity index (χ3n) is 2.33. The predicted octanol–water partition coefficient (Wildman–Crippen LogP) is 2.56. The minimum Gasteiger partial charge on any atom is -0.228 e. The van der Waals surface area contributed by atoms with E-state index >= 15 is 0 Å². The van der Waals surface area contributed by atoms with Gasteiger partial charge in [0.15, 0.2) is 9.84 Å². The van der Waals surface area contributed by atoms with Gasteiger partial charge < -0.3 is 0 Å². The van der Waals surface area contributed by atoms with Gasteiger partial charge in [0.05, 0.1) is 11.0 Å². The smallest absolute Gasteiger partial charge is 0.157 e. The average molecular weight is 228 g/mol. The van der Waals surface area contributed by atoms with Gasteiger partial charge in [-0.1, -0.05) is 32.3 Å². The van der Waals surface area contributed by atoms with Gasteiger partial charge in [-0.2, -0.15) is 0 Å². The first-order valence-corrected chi connectivity index (χ1v) is 7.07. The lowest BCUT2D eigenvalue weighted by Gasteiger charge is -2.10. The zero-order chi connectivity index (χ0) is 11.7. The van der Waals surface area contributed by atoms with Gasteiger partial charge in [0.25, 0.3) is 0 Å². The maximum Gasteiger partial charge on any atom is 0.157 e. The van der Waals surface area contributed by atoms with Gasteiger partial charge >= 0.3 is 0 Å². The molecule has 0 aromatic carbocycles. The molecule has 0 aliphatic rings. The number of hydrogen-bond acceptors (Lipinski definition) is 2. The second-order valence-corrected chi connectivity index (χ2v) is 5.95. The standard InChI is InChI=1S/C12H20O2S/c1-4-7-8-9-11-15(13,14)12(6-3)10-5-2/h2,6,12H,3-4,7-11H2,1H3. The molecule has 1 atom stereocenters. The molecule has 0 amide bonds. The van der Waals surface area contributed by atoms with Crippen LogP contribution >= 0.6 is 0 Å². The molecule has 2 nitrogen and oxygen atoms in total. The molecule has 15 heavy (non-hydrogen) atoms. The highest BCUT2D eigenvalue weighted by Gasteiger charge is 2.20. The van der Waals surface area contributed by atoms with Crippen LogP contribution in [0.1, 0.15) is 39.0 Å². The molecule has 0 saturated carbocycles. The van der Waals surface area contributed by atoms with Crippen LogP contribution < -0.4 is 0 Å². The highest BCUT2D eigenvalue weighted by Crippen LogP contribution is 2.11. The highest BCUT2D eigenvalue weighted by molar-refractivity contribution is 7.92. The normalized spacial score (nSPS) is 13.1. The maximum absolute atomic E-state index is 11.7. The van der Waals surface area contributed by atoms with E-state index in [1.165, 1.54) is 6.08 Å². The minimum atomic E-state index is -3.08. The van der Waals surface area contributed by atoms with Crippen molar-refractivity contribution < 1.29 is 8.42 Å². The van der Waals surface area contributed by atoms with E-state index in [4.69, 9.17) is 6.42 Å². The molecule has 0 bridgehead atoms. The van der Waals surface area contributed by atoms with Gasteiger partial charge in [0, 0.05) is 6.42 Å². The van der Waals surface area contributed by atoms with Crippen molar-refractivity contribution in [1.29, 1.82) is 0 Å². The van der Waals surface area contributed by atoms with Crippen LogP contribution in [0.4, 0.5) is 0 Å². The Morgan fingerprint density at radius 2 is 2.07 bits per heavy atom. The molecular weight excluding hydrogens is 208 g/mol. The Hall–Kier alpha value is -0.750. The van der Waals surface area contributed by atoms with E-state index in [1.807, 2.05) is 0 Å². The molecule has 0 spiro atoms. The summed E-state index contributed by atoms with van der Waals surface area (Å²) in [5.41, 5.74) is 0. The molecular formula is C12H20O2S. The third kappa shape index (κ3) is 5.64. The maximum atomic E-state index is 11.7. The molecule has 0 aromatic rings. The molecule has 0 radical (unpaired) electrons. The Kier molecular flexibility index (Phi) is 7.15. The van der Waals surface area contributed by atoms with E-state index in [2.05, 4.69) is 19.4 Å². The zero-order valence-electron chi connectivity index (χ0n) is 9.41. The lowest BCUT2D eigenvalue weighted by Crippen LogP contribution is -2.21. The summed E-state index contributed by atoms with van der Waals surface area (Å²) in [5, 5.41) is -0.566. The van der Waals surface area contributed by atoms with Gasteiger partial charge in [0.2, 0.25) is 0 Å². The number of hydrogen-bond donors (Lipinski definition) is 0. The number of terminal acetylenes is 1. The van der Waals surface area contributed by atoms with E-state index in [-0.39, 0.29) is 12.2 Å². The molecule has 0 heterocycles. The van der Waals surface area contributed by atoms with Crippen molar-refractivity contribution in [3.05, 3.63) is 12.7 Å². The van der Waals surface area contributed by atoms with Crippen molar-refractivity contribution in [2.75, 3.05) is 5.75 Å². The molecule has 1 unspecified atom stereocenters. The lowest BCUT2D eigenvalue weighted by atomic mass is 10.2. The van der Waals surface area contributed by atoms with Gasteiger partial charge in [-0.15, -0.1) is 18.9 Å². The first-order valence-electron chi connectivity index (χ1n) is 5.36. The van der Waals surface area contributed by atoms with Gasteiger partial charge in [-0.25, -0.2) is 8.42 Å². The van der Waals surface area contributed by atoms with Gasteiger partial charge in [-0.3, -0.25) is 0 Å². The fourth-order valence-corrected chi connectivity index (χ4v) is 2.91. The Balaban J connectivity index is 4.16. The molecule has 0 aliphatic carbocycles. The molecule has 0 aliphatic heterocycles. The van der Waals surface area contributed by atoms with E-state index in [0.717, 1.165) is 25.7 Å². The van der Waals surface area contributed by atoms with Crippen LogP contribution in [0.15, 0.2) is 12.7 Å². The zero-order valence-corrected chi connectivity index (χ0v) is 10.2. The van der Waals surface area contributed by atoms with Crippen LogP contribution in [0, 0.1) is 12.3 Å². The first kappa shape index (κ1) is 14.2. The summed E-state index contributed by atoms with van der Waals surface area (Å²) >= 11 is 0. The van der Waals surface area contributed by atoms with E-state index in [1.54, 1.807) is 0 Å². The van der Waals surface area contributed by atoms with Crippen LogP contribution in [0.2, 0.25) is 0 Å². The Morgan fingerprint density at radius 1 is 1.40 bits per heavy atom. The molecule has 0 fully saturated rings. The van der Waals surface area contributed by atoms with Crippen LogP contribution in [0.3, 0.4) is 0 Å². The topological polar surface area (TPSA) is 34.1 Å². The predicted molar refractivity (Wildman–Crippen MR) is 65.4 cm³/mol. The van der Waals surface area contributed by atoms with Crippen molar-refractivity contribution in [2.24, 2.45) is 0 Å². The van der Waals surface area contributed by atoms with Crippen molar-refractivity contribution >= 4 is 9.84 Å². The third-order valence-corrected chi connectivity index (χ3v) is 4.46. The van der Waals surface area contributed by atoms with E-state index in [9.17, 15) is 8.42 Å². The highest BCUT2D eigenvalue weighted by atomic mass is 32.2. The second kappa shape index (κ2) is 7.53. The van der Waals surface area contributed by atoms with Gasteiger partial charge in [-0.05, 0) is 6.42 Å². The SMILES string of the molecule is C#CCC(C=C)S(=O)(=O)CCCCCC. The Morgan fingerprint density at radius 3 is 2.53 bits per heavy atom. The monoisotopic (exact) mass is 228 g/mol. The van der Waals surface area contributed by atoms with Crippen molar-refractivity contribution in [3.63, 3.8) is 0 Å². The van der Waals surface area contributed by atoms with Crippen molar-refractivity contribution in [1.82, 2.24) is 0 Å². The summed E-state index contributed by atoms with van der Waals surface area (Å²) in [7, 11) is -3.08. The van der Waals surface area contributed by atoms with Crippen LogP contribution in [-0.2, 0) is 9.84 Å². The van der Waals surface area contributed by atoms with E-state index < -0.39 is 15.1 Å². The van der Waals surface area contributed by atoms with Crippen molar-refractivity contribution in [3.8, 4) is 12.3 Å². The summed E-state index contributed by atoms with van der Waals surface area (Å²) in [6.45, 7) is 5.61. The molecule has 3 heteroatoms. The molecule has 0 saturated heterocycles. The Labute approximate surface area is 93.7 Å². The van der Waals surface area contributed by atoms with Gasteiger partial charge in [0.1, 0.15) is 0 Å². The quantitative estimate of drug-likeness (QED) is 0.363. The summed E-state index contributed by atoms with van der Waals surface area (Å²) < 4.78 is 23.5. The molecule has 0 aromatic heterocycles. The summed E-state index contributed by atoms with van der Waals surface area (Å²) in [5.74, 6) is 2.60. The first-order chi connectivity index (χ1) is 7.08. The largest absolute Gasteiger partial charge is 0.228 e. The fraction of sp³-hybridized carbons (Fsp3) is 0.667. The lowest BCUT2D eigenvalue weighted by molar-refractivity contribution is 0.582. The minimum absolute atomic E-state index is 0.228. The number of sulfone groups is 1.